The molecule has 2 aromatic heterocycles. The number of hydrogen-bond donors (Lipinski definition) is 1. The molecular weight excluding hydrogens is 354 g/mol. The number of carbonyl (C=O) groups is 1. The molecule has 0 aliphatic carbocycles. The molecule has 1 unspecified atom stereocenters. The topological polar surface area (TPSA) is 79.5 Å². The van der Waals surface area contributed by atoms with Crippen LogP contribution in [0.4, 0.5) is 0 Å². The average molecular weight is 377 g/mol. The normalized spacial score (nSPS) is 17.5. The lowest BCUT2D eigenvalue weighted by Crippen LogP contribution is -2.34. The van der Waals surface area contributed by atoms with Crippen LogP contribution in [0, 0.1) is 6.92 Å². The van der Waals surface area contributed by atoms with Crippen molar-refractivity contribution in [2.24, 2.45) is 0 Å². The quantitative estimate of drug-likeness (QED) is 0.720. The lowest BCUT2D eigenvalue weighted by molar-refractivity contribution is 0.0697. The molecule has 6 nitrogen and oxygen atoms in total. The third-order valence-electron chi connectivity index (χ3n) is 5.15. The van der Waals surface area contributed by atoms with Crippen LogP contribution >= 0.6 is 0 Å². The summed E-state index contributed by atoms with van der Waals surface area (Å²) in [6.07, 6.45) is 4.02. The summed E-state index contributed by atoms with van der Waals surface area (Å²) < 4.78 is 5.99. The van der Waals surface area contributed by atoms with Gasteiger partial charge in [0.1, 0.15) is 17.3 Å². The molecule has 0 saturated carbocycles. The smallest absolute Gasteiger partial charge is 0.336 e. The summed E-state index contributed by atoms with van der Waals surface area (Å²) in [6, 6.07) is 12.6. The Kier molecular flexibility index (Phi) is 5.21. The van der Waals surface area contributed by atoms with Crippen molar-refractivity contribution >= 4 is 5.97 Å². The van der Waals surface area contributed by atoms with Gasteiger partial charge in [0.2, 0.25) is 0 Å². The number of benzene rings is 1. The number of rotatable bonds is 5. The Labute approximate surface area is 163 Å². The van der Waals surface area contributed by atoms with Crippen molar-refractivity contribution in [3.05, 3.63) is 71.5 Å². The standard InChI is InChI=1S/C22H23N3O3/c1-15-10-11-23-21(24-15)16-5-4-12-25(13-16)14-17-8-9-20(28-17)18-6-2-3-7-19(18)22(26)27/h2-3,6-11,16H,4-5,12-14H2,1H3,(H,26,27). The van der Waals surface area contributed by atoms with Crippen molar-refractivity contribution in [1.82, 2.24) is 14.9 Å². The van der Waals surface area contributed by atoms with Gasteiger partial charge in [-0.25, -0.2) is 14.8 Å². The van der Waals surface area contributed by atoms with Gasteiger partial charge in [-0.1, -0.05) is 18.2 Å². The van der Waals surface area contributed by atoms with Crippen molar-refractivity contribution in [3.8, 4) is 11.3 Å². The number of likely N-dealkylation sites (tertiary alicyclic amines) is 1. The maximum absolute atomic E-state index is 11.5. The summed E-state index contributed by atoms with van der Waals surface area (Å²) in [4.78, 5) is 22.9. The van der Waals surface area contributed by atoms with Gasteiger partial charge < -0.3 is 9.52 Å². The van der Waals surface area contributed by atoms with Crippen molar-refractivity contribution in [1.29, 1.82) is 0 Å². The zero-order valence-corrected chi connectivity index (χ0v) is 15.8. The number of aromatic nitrogens is 2. The highest BCUT2D eigenvalue weighted by atomic mass is 16.4. The van der Waals surface area contributed by atoms with Gasteiger partial charge in [0.25, 0.3) is 0 Å². The van der Waals surface area contributed by atoms with Crippen LogP contribution in [0.15, 0.2) is 53.1 Å². The molecule has 1 aliphatic rings. The third kappa shape index (κ3) is 3.97. The Balaban J connectivity index is 1.48. The minimum absolute atomic E-state index is 0.248. The first-order valence-corrected chi connectivity index (χ1v) is 9.53. The number of aromatic carboxylic acids is 1. The molecule has 6 heteroatoms. The molecule has 1 atom stereocenters. The molecule has 0 radical (unpaired) electrons. The van der Waals surface area contributed by atoms with E-state index < -0.39 is 5.97 Å². The highest BCUT2D eigenvalue weighted by Gasteiger charge is 2.24. The Morgan fingerprint density at radius 1 is 1.25 bits per heavy atom. The van der Waals surface area contributed by atoms with Crippen LogP contribution in [0.5, 0.6) is 0 Å². The van der Waals surface area contributed by atoms with Crippen LogP contribution in [0.25, 0.3) is 11.3 Å². The van der Waals surface area contributed by atoms with E-state index in [1.54, 1.807) is 18.2 Å². The van der Waals surface area contributed by atoms with E-state index >= 15 is 0 Å². The third-order valence-corrected chi connectivity index (χ3v) is 5.15. The van der Waals surface area contributed by atoms with Gasteiger partial charge in [-0.3, -0.25) is 4.90 Å². The largest absolute Gasteiger partial charge is 0.478 e. The number of nitrogens with zero attached hydrogens (tertiary/aromatic N) is 3. The summed E-state index contributed by atoms with van der Waals surface area (Å²) >= 11 is 0. The molecule has 0 bridgehead atoms. The molecule has 1 fully saturated rings. The number of hydrogen-bond acceptors (Lipinski definition) is 5. The first-order valence-electron chi connectivity index (χ1n) is 9.53. The summed E-state index contributed by atoms with van der Waals surface area (Å²) in [5.74, 6) is 1.71. The molecule has 4 rings (SSSR count). The van der Waals surface area contributed by atoms with Gasteiger partial charge in [0.05, 0.1) is 12.1 Å². The predicted molar refractivity (Wildman–Crippen MR) is 105 cm³/mol. The fourth-order valence-electron chi connectivity index (χ4n) is 3.79. The Hall–Kier alpha value is -2.99. The highest BCUT2D eigenvalue weighted by Crippen LogP contribution is 2.29. The van der Waals surface area contributed by atoms with Gasteiger partial charge in [-0.05, 0) is 50.6 Å². The lowest BCUT2D eigenvalue weighted by Gasteiger charge is -2.31. The van der Waals surface area contributed by atoms with Crippen molar-refractivity contribution < 1.29 is 14.3 Å². The van der Waals surface area contributed by atoms with E-state index in [9.17, 15) is 9.90 Å². The average Bonchev–Trinajstić information content (AvgIpc) is 3.16. The van der Waals surface area contributed by atoms with Crippen molar-refractivity contribution in [2.75, 3.05) is 13.1 Å². The minimum atomic E-state index is -0.953. The molecule has 3 aromatic rings. The predicted octanol–water partition coefficient (Wildman–Crippen LogP) is 4.12. The number of piperidine rings is 1. The Morgan fingerprint density at radius 3 is 2.93 bits per heavy atom. The van der Waals surface area contributed by atoms with Gasteiger partial charge in [0, 0.05) is 29.9 Å². The van der Waals surface area contributed by atoms with E-state index in [1.165, 1.54) is 0 Å². The number of carboxylic acid groups (broad SMARTS) is 1. The molecule has 144 valence electrons. The maximum Gasteiger partial charge on any atom is 0.336 e. The summed E-state index contributed by atoms with van der Waals surface area (Å²) in [5.41, 5.74) is 1.85. The minimum Gasteiger partial charge on any atom is -0.478 e. The van der Waals surface area contributed by atoms with E-state index in [4.69, 9.17) is 4.42 Å². The molecule has 1 saturated heterocycles. The van der Waals surface area contributed by atoms with Gasteiger partial charge in [0.15, 0.2) is 0 Å². The molecule has 1 N–H and O–H groups in total. The second kappa shape index (κ2) is 7.94. The van der Waals surface area contributed by atoms with Crippen LogP contribution in [0.1, 0.15) is 46.4 Å². The van der Waals surface area contributed by atoms with Crippen LogP contribution in [0.3, 0.4) is 0 Å². The molecule has 0 amide bonds. The molecular formula is C22H23N3O3. The van der Waals surface area contributed by atoms with Crippen molar-refractivity contribution in [3.63, 3.8) is 0 Å². The second-order valence-electron chi connectivity index (χ2n) is 7.25. The highest BCUT2D eigenvalue weighted by molar-refractivity contribution is 5.95. The van der Waals surface area contributed by atoms with Crippen LogP contribution in [-0.2, 0) is 6.54 Å². The molecule has 1 aromatic carbocycles. The second-order valence-corrected chi connectivity index (χ2v) is 7.25. The van der Waals surface area contributed by atoms with E-state index in [0.29, 0.717) is 23.8 Å². The summed E-state index contributed by atoms with van der Waals surface area (Å²) in [7, 11) is 0. The Morgan fingerprint density at radius 2 is 2.11 bits per heavy atom. The van der Waals surface area contributed by atoms with E-state index in [2.05, 4.69) is 14.9 Å². The van der Waals surface area contributed by atoms with Crippen LogP contribution < -0.4 is 0 Å². The van der Waals surface area contributed by atoms with E-state index in [1.807, 2.05) is 37.4 Å². The molecule has 1 aliphatic heterocycles. The van der Waals surface area contributed by atoms with E-state index in [0.717, 1.165) is 43.2 Å². The van der Waals surface area contributed by atoms with Crippen LogP contribution in [-0.4, -0.2) is 39.0 Å². The number of furan rings is 1. The van der Waals surface area contributed by atoms with Crippen molar-refractivity contribution in [2.45, 2.75) is 32.2 Å². The number of carboxylic acids is 1. The van der Waals surface area contributed by atoms with Gasteiger partial charge in [-0.2, -0.15) is 0 Å². The molecule has 0 spiro atoms. The maximum atomic E-state index is 11.5. The SMILES string of the molecule is Cc1ccnc(C2CCCN(Cc3ccc(-c4ccccc4C(=O)O)o3)C2)n1. The van der Waals surface area contributed by atoms with Crippen LogP contribution in [0.2, 0.25) is 0 Å². The summed E-state index contributed by atoms with van der Waals surface area (Å²) in [5, 5.41) is 9.39. The zero-order chi connectivity index (χ0) is 19.5. The van der Waals surface area contributed by atoms with Gasteiger partial charge >= 0.3 is 5.97 Å². The fraction of sp³-hybridized carbons (Fsp3) is 0.318. The Bertz CT molecular complexity index is 982. The monoisotopic (exact) mass is 377 g/mol. The number of aryl methyl sites for hydroxylation is 1. The first kappa shape index (κ1) is 18.4. The summed E-state index contributed by atoms with van der Waals surface area (Å²) in [6.45, 7) is 4.58. The zero-order valence-electron chi connectivity index (χ0n) is 15.8. The molecule has 3 heterocycles. The van der Waals surface area contributed by atoms with E-state index in [-0.39, 0.29) is 5.56 Å². The fourth-order valence-corrected chi connectivity index (χ4v) is 3.79. The first-order chi connectivity index (χ1) is 13.6. The van der Waals surface area contributed by atoms with Gasteiger partial charge in [-0.15, -0.1) is 0 Å². The molecule has 28 heavy (non-hydrogen) atoms. The lowest BCUT2D eigenvalue weighted by atomic mass is 9.97.